The van der Waals surface area contributed by atoms with Crippen LogP contribution in [-0.4, -0.2) is 67.6 Å². The van der Waals surface area contributed by atoms with Gasteiger partial charge in [0.15, 0.2) is 0 Å². The molecule has 1 saturated heterocycles. The highest BCUT2D eigenvalue weighted by molar-refractivity contribution is 6.29. The minimum atomic E-state index is 0. The molecule has 0 spiro atoms. The predicted octanol–water partition coefficient (Wildman–Crippen LogP) is 3.16. The summed E-state index contributed by atoms with van der Waals surface area (Å²) >= 11 is 6.25. The Hall–Kier alpha value is -1.43. The van der Waals surface area contributed by atoms with Crippen LogP contribution in [0.15, 0.2) is 24.4 Å². The highest BCUT2D eigenvalue weighted by atomic mass is 35.5. The fraction of sp³-hybridized carbons (Fsp3) is 0.522. The van der Waals surface area contributed by atoms with Crippen LogP contribution in [0.1, 0.15) is 48.7 Å². The largest absolute Gasteiger partial charge is 0.412 e. The van der Waals surface area contributed by atoms with Crippen LogP contribution >= 0.6 is 48.8 Å². The predicted molar refractivity (Wildman–Crippen MR) is 154 cm³/mol. The number of likely N-dealkylation sites (tertiary alicyclic amines) is 1. The summed E-state index contributed by atoms with van der Waals surface area (Å²) in [5.41, 5.74) is 11.1. The zero-order valence-electron chi connectivity index (χ0n) is 20.2. The van der Waals surface area contributed by atoms with Crippen LogP contribution in [0.25, 0.3) is 11.0 Å². The molecule has 36 heavy (non-hydrogen) atoms. The van der Waals surface area contributed by atoms with E-state index in [9.17, 15) is 0 Å². The Bertz CT molecular complexity index is 1090. The number of hydrogen-bond acceptors (Lipinski definition) is 6. The highest BCUT2D eigenvalue weighted by Gasteiger charge is 2.30. The van der Waals surface area contributed by atoms with Gasteiger partial charge in [-0.15, -0.1) is 37.2 Å². The smallest absolute Gasteiger partial charge is 0.204 e. The molecule has 1 atom stereocenters. The van der Waals surface area contributed by atoms with Gasteiger partial charge in [-0.25, -0.2) is 9.97 Å². The molecule has 1 aliphatic heterocycles. The molecule has 0 bridgehead atoms. The van der Waals surface area contributed by atoms with E-state index in [0.29, 0.717) is 11.2 Å². The molecule has 7 N–H and O–H groups in total. The number of aromatic nitrogens is 4. The molecule has 3 heterocycles. The summed E-state index contributed by atoms with van der Waals surface area (Å²) in [5, 5.41) is 4.24. The Kier molecular flexibility index (Phi) is 14.5. The van der Waals surface area contributed by atoms with Gasteiger partial charge in [0.2, 0.25) is 5.95 Å². The van der Waals surface area contributed by atoms with E-state index in [1.807, 2.05) is 0 Å². The van der Waals surface area contributed by atoms with Crippen LogP contribution in [0.2, 0.25) is 5.15 Å². The van der Waals surface area contributed by atoms with Crippen molar-refractivity contribution in [2.45, 2.75) is 51.1 Å². The zero-order valence-corrected chi connectivity index (χ0v) is 23.4. The normalized spacial score (nSPS) is 17.4. The quantitative estimate of drug-likeness (QED) is 0.470. The lowest BCUT2D eigenvalue weighted by atomic mass is 9.95. The number of nitrogens with one attached hydrogen (secondary N) is 1. The van der Waals surface area contributed by atoms with Gasteiger partial charge in [0.1, 0.15) is 5.15 Å². The third kappa shape index (κ3) is 6.90. The number of halogens is 4. The fourth-order valence-electron chi connectivity index (χ4n) is 5.06. The second kappa shape index (κ2) is 15.1. The van der Waals surface area contributed by atoms with Gasteiger partial charge in [-0.1, -0.05) is 23.7 Å². The van der Waals surface area contributed by atoms with Crippen molar-refractivity contribution >= 4 is 65.8 Å². The van der Waals surface area contributed by atoms with Crippen LogP contribution in [0.5, 0.6) is 0 Å². The van der Waals surface area contributed by atoms with Crippen molar-refractivity contribution < 1.29 is 11.0 Å². The van der Waals surface area contributed by atoms with E-state index in [1.165, 1.54) is 5.56 Å². The summed E-state index contributed by atoms with van der Waals surface area (Å²) in [7, 11) is 0. The standard InChI is InChI=1S/C23H30ClN7.3ClH.2H2O/c1-15-4-2-6-18-21(15)29-23(27-16-8-11-30(12-9-16)13-10-25)31(18)19-7-3-5-17-22(19)28-20(24)14-26-17;;;;;/h2,4,6,14,16,19H,3,5,7-13,25H2,1H3,(H,27,29);3*1H;2*1H2. The van der Waals surface area contributed by atoms with Gasteiger partial charge in [0, 0.05) is 32.2 Å². The van der Waals surface area contributed by atoms with Crippen LogP contribution < -0.4 is 11.1 Å². The van der Waals surface area contributed by atoms with Crippen LogP contribution in [0, 0.1) is 6.92 Å². The topological polar surface area (TPSA) is 148 Å². The molecule has 204 valence electrons. The van der Waals surface area contributed by atoms with Crippen LogP contribution in [0.3, 0.4) is 0 Å². The molecule has 9 nitrogen and oxygen atoms in total. The number of aryl methyl sites for hydroxylation is 2. The maximum atomic E-state index is 6.25. The maximum absolute atomic E-state index is 6.25. The first-order valence-corrected chi connectivity index (χ1v) is 11.7. The van der Waals surface area contributed by atoms with Gasteiger partial charge in [0.25, 0.3) is 0 Å². The van der Waals surface area contributed by atoms with Crippen LogP contribution in [0.4, 0.5) is 5.95 Å². The van der Waals surface area contributed by atoms with Crippen molar-refractivity contribution in [2.75, 3.05) is 31.5 Å². The summed E-state index contributed by atoms with van der Waals surface area (Å²) in [4.78, 5) is 16.8. The Morgan fingerprint density at radius 1 is 1.08 bits per heavy atom. The van der Waals surface area contributed by atoms with E-state index in [4.69, 9.17) is 27.3 Å². The molecular weight excluding hydrogens is 548 g/mol. The Morgan fingerprint density at radius 2 is 1.81 bits per heavy atom. The first-order chi connectivity index (χ1) is 15.1. The second-order valence-electron chi connectivity index (χ2n) is 8.73. The summed E-state index contributed by atoms with van der Waals surface area (Å²) in [5.74, 6) is 0.932. The van der Waals surface area contributed by atoms with Gasteiger partial charge in [-0.05, 0) is 50.7 Å². The number of fused-ring (bicyclic) bond motifs is 2. The Labute approximate surface area is 235 Å². The van der Waals surface area contributed by atoms with Gasteiger partial charge in [0.05, 0.1) is 34.7 Å². The van der Waals surface area contributed by atoms with E-state index in [0.717, 1.165) is 86.7 Å². The van der Waals surface area contributed by atoms with E-state index < -0.39 is 0 Å². The number of nitrogens with two attached hydrogens (primary N) is 1. The number of anilines is 1. The zero-order chi connectivity index (χ0) is 21.4. The monoisotopic (exact) mass is 583 g/mol. The van der Waals surface area contributed by atoms with Crippen LogP contribution in [-0.2, 0) is 6.42 Å². The van der Waals surface area contributed by atoms with Crippen molar-refractivity contribution in [2.24, 2.45) is 5.73 Å². The molecule has 0 radical (unpaired) electrons. The lowest BCUT2D eigenvalue weighted by molar-refractivity contribution is 0.224. The van der Waals surface area contributed by atoms with E-state index in [1.54, 1.807) is 6.20 Å². The lowest BCUT2D eigenvalue weighted by Gasteiger charge is -2.33. The molecular formula is C23H37Cl4N7O2. The van der Waals surface area contributed by atoms with Crippen molar-refractivity contribution in [3.8, 4) is 0 Å². The van der Waals surface area contributed by atoms with E-state index in [-0.39, 0.29) is 54.2 Å². The SMILES string of the molecule is Cc1cccc2c1nc(NC1CCN(CCN)CC1)n2C1CCCc2ncc(Cl)nc21.Cl.Cl.Cl.O.O. The first kappa shape index (κ1) is 34.6. The van der Waals surface area contributed by atoms with E-state index in [2.05, 4.69) is 44.9 Å². The minimum absolute atomic E-state index is 0. The van der Waals surface area contributed by atoms with Gasteiger partial charge in [-0.3, -0.25) is 4.98 Å². The third-order valence-electron chi connectivity index (χ3n) is 6.66. The third-order valence-corrected chi connectivity index (χ3v) is 6.84. The number of imidazole rings is 1. The van der Waals surface area contributed by atoms with Crippen molar-refractivity contribution in [3.63, 3.8) is 0 Å². The Morgan fingerprint density at radius 3 is 2.50 bits per heavy atom. The molecule has 13 heteroatoms. The van der Waals surface area contributed by atoms with Gasteiger partial charge >= 0.3 is 0 Å². The molecule has 0 amide bonds. The second-order valence-corrected chi connectivity index (χ2v) is 9.12. The molecule has 0 saturated carbocycles. The Balaban J connectivity index is 0.00000245. The number of benzene rings is 1. The molecule has 1 aromatic carbocycles. The number of rotatable bonds is 5. The number of nitrogens with zero attached hydrogens (tertiary/aromatic N) is 5. The molecule has 2 aliphatic rings. The molecule has 1 aliphatic carbocycles. The van der Waals surface area contributed by atoms with Gasteiger partial charge in [-0.2, -0.15) is 0 Å². The summed E-state index contributed by atoms with van der Waals surface area (Å²) in [6.45, 7) is 5.96. The number of para-hydroxylation sites is 1. The average Bonchev–Trinajstić information content (AvgIpc) is 3.14. The molecule has 1 unspecified atom stereocenters. The number of hydrogen-bond donors (Lipinski definition) is 2. The summed E-state index contributed by atoms with van der Waals surface area (Å²) in [6, 6.07) is 6.88. The van der Waals surface area contributed by atoms with Gasteiger partial charge < -0.3 is 31.5 Å². The number of piperidine rings is 1. The van der Waals surface area contributed by atoms with Crippen molar-refractivity contribution in [1.29, 1.82) is 0 Å². The van der Waals surface area contributed by atoms with E-state index >= 15 is 0 Å². The molecule has 5 rings (SSSR count). The fourth-order valence-corrected chi connectivity index (χ4v) is 5.20. The van der Waals surface area contributed by atoms with Crippen molar-refractivity contribution in [1.82, 2.24) is 24.4 Å². The minimum Gasteiger partial charge on any atom is -0.412 e. The highest BCUT2D eigenvalue weighted by Crippen LogP contribution is 2.37. The maximum Gasteiger partial charge on any atom is 0.204 e. The average molecular weight is 585 g/mol. The molecule has 1 fully saturated rings. The molecule has 3 aromatic rings. The lowest BCUT2D eigenvalue weighted by Crippen LogP contribution is -2.41. The summed E-state index contributed by atoms with van der Waals surface area (Å²) in [6.07, 6.45) is 6.88. The van der Waals surface area contributed by atoms with Crippen molar-refractivity contribution in [3.05, 3.63) is 46.5 Å². The molecule has 2 aromatic heterocycles. The summed E-state index contributed by atoms with van der Waals surface area (Å²) < 4.78 is 2.34. The first-order valence-electron chi connectivity index (χ1n) is 11.3.